The third-order valence-corrected chi connectivity index (χ3v) is 3.16. The normalized spacial score (nSPS) is 26.9. The number of aliphatic hydroxyl groups excluding tert-OH is 1. The topological polar surface area (TPSA) is 59.3 Å². The zero-order valence-corrected chi connectivity index (χ0v) is 10.3. The molecule has 2 N–H and O–H groups in total. The first-order chi connectivity index (χ1) is 8.18. The smallest absolute Gasteiger partial charge is 0.0860 e. The molecule has 1 fully saturated rings. The van der Waals surface area contributed by atoms with Crippen LogP contribution in [-0.4, -0.2) is 46.3 Å². The molecule has 0 spiro atoms. The van der Waals surface area contributed by atoms with Crippen molar-refractivity contribution in [2.45, 2.75) is 38.0 Å². The average molecular weight is 239 g/mol. The lowest BCUT2D eigenvalue weighted by atomic mass is 9.95. The van der Waals surface area contributed by atoms with Gasteiger partial charge in [-0.1, -0.05) is 0 Å². The number of ether oxygens (including phenoxy) is 1. The quantitative estimate of drug-likeness (QED) is 0.781. The van der Waals surface area contributed by atoms with E-state index in [2.05, 4.69) is 17.3 Å². The van der Waals surface area contributed by atoms with Crippen LogP contribution in [0.4, 0.5) is 0 Å². The summed E-state index contributed by atoms with van der Waals surface area (Å²) in [5, 5.41) is 17.4. The van der Waals surface area contributed by atoms with Crippen LogP contribution in [-0.2, 0) is 11.3 Å². The zero-order chi connectivity index (χ0) is 12.1. The van der Waals surface area contributed by atoms with E-state index < -0.39 is 6.10 Å². The van der Waals surface area contributed by atoms with Crippen LogP contribution in [0.1, 0.15) is 19.8 Å². The number of rotatable bonds is 5. The van der Waals surface area contributed by atoms with Gasteiger partial charge >= 0.3 is 0 Å². The van der Waals surface area contributed by atoms with Crippen LogP contribution >= 0.6 is 0 Å². The Morgan fingerprint density at radius 1 is 1.65 bits per heavy atom. The summed E-state index contributed by atoms with van der Waals surface area (Å²) in [6, 6.07) is 1.86. The van der Waals surface area contributed by atoms with E-state index in [1.54, 1.807) is 10.9 Å². The highest BCUT2D eigenvalue weighted by Crippen LogP contribution is 2.17. The molecule has 0 saturated carbocycles. The molecule has 0 bridgehead atoms. The van der Waals surface area contributed by atoms with Gasteiger partial charge in [-0.3, -0.25) is 4.68 Å². The number of nitrogens with zero attached hydrogens (tertiary/aromatic N) is 2. The van der Waals surface area contributed by atoms with Crippen molar-refractivity contribution in [3.05, 3.63) is 18.5 Å². The van der Waals surface area contributed by atoms with Gasteiger partial charge < -0.3 is 15.2 Å². The lowest BCUT2D eigenvalue weighted by Crippen LogP contribution is -2.51. The summed E-state index contributed by atoms with van der Waals surface area (Å²) in [5.74, 6) is 0. The van der Waals surface area contributed by atoms with Crippen molar-refractivity contribution in [2.75, 3.05) is 19.8 Å². The molecule has 1 aliphatic rings. The predicted octanol–water partition coefficient (Wildman–Crippen LogP) is 0.403. The molecule has 1 aromatic heterocycles. The fraction of sp³-hybridized carbons (Fsp3) is 0.750. The van der Waals surface area contributed by atoms with Crippen molar-refractivity contribution < 1.29 is 9.84 Å². The number of nitrogens with one attached hydrogen (secondary N) is 1. The van der Waals surface area contributed by atoms with Crippen LogP contribution < -0.4 is 5.32 Å². The van der Waals surface area contributed by atoms with Crippen LogP contribution in [0.15, 0.2) is 18.5 Å². The van der Waals surface area contributed by atoms with E-state index >= 15 is 0 Å². The van der Waals surface area contributed by atoms with E-state index in [0.29, 0.717) is 13.1 Å². The third-order valence-electron chi connectivity index (χ3n) is 3.16. The van der Waals surface area contributed by atoms with E-state index in [0.717, 1.165) is 26.1 Å². The number of hydrogen-bond acceptors (Lipinski definition) is 4. The summed E-state index contributed by atoms with van der Waals surface area (Å²) < 4.78 is 7.20. The van der Waals surface area contributed by atoms with Gasteiger partial charge in [-0.2, -0.15) is 5.10 Å². The molecule has 0 aromatic carbocycles. The standard InChI is InChI=1S/C12H21N3O2/c1-12(4-2-7-17-10-12)13-8-11(16)9-15-6-3-5-14-15/h3,5-6,11,13,16H,2,4,7-10H2,1H3. The first-order valence-electron chi connectivity index (χ1n) is 6.16. The summed E-state index contributed by atoms with van der Waals surface area (Å²) in [4.78, 5) is 0. The molecule has 2 rings (SSSR count). The Hall–Kier alpha value is -0.910. The number of hydrogen-bond donors (Lipinski definition) is 2. The summed E-state index contributed by atoms with van der Waals surface area (Å²) in [5.41, 5.74) is 0.00332. The molecular weight excluding hydrogens is 218 g/mol. The van der Waals surface area contributed by atoms with Crippen LogP contribution in [0, 0.1) is 0 Å². The molecule has 96 valence electrons. The van der Waals surface area contributed by atoms with Gasteiger partial charge in [-0.05, 0) is 25.8 Å². The second kappa shape index (κ2) is 5.62. The lowest BCUT2D eigenvalue weighted by molar-refractivity contribution is 0.0209. The molecule has 0 amide bonds. The van der Waals surface area contributed by atoms with Crippen molar-refractivity contribution >= 4 is 0 Å². The largest absolute Gasteiger partial charge is 0.390 e. The Morgan fingerprint density at radius 2 is 2.53 bits per heavy atom. The second-order valence-electron chi connectivity index (χ2n) is 4.98. The summed E-state index contributed by atoms with van der Waals surface area (Å²) in [6.07, 6.45) is 5.33. The molecule has 5 nitrogen and oxygen atoms in total. The molecule has 1 saturated heterocycles. The lowest BCUT2D eigenvalue weighted by Gasteiger charge is -2.35. The Morgan fingerprint density at radius 3 is 3.18 bits per heavy atom. The number of aromatic nitrogens is 2. The Bertz CT molecular complexity index is 321. The number of aliphatic hydroxyl groups is 1. The molecule has 5 heteroatoms. The van der Waals surface area contributed by atoms with Gasteiger partial charge in [0.25, 0.3) is 0 Å². The third kappa shape index (κ3) is 3.80. The van der Waals surface area contributed by atoms with Crippen LogP contribution in [0.5, 0.6) is 0 Å². The maximum atomic E-state index is 9.90. The molecule has 2 unspecified atom stereocenters. The van der Waals surface area contributed by atoms with Crippen molar-refractivity contribution in [1.82, 2.24) is 15.1 Å². The molecule has 0 aliphatic carbocycles. The van der Waals surface area contributed by atoms with Crippen LogP contribution in [0.25, 0.3) is 0 Å². The van der Waals surface area contributed by atoms with Crippen molar-refractivity contribution in [3.8, 4) is 0 Å². The van der Waals surface area contributed by atoms with Crippen molar-refractivity contribution in [2.24, 2.45) is 0 Å². The van der Waals surface area contributed by atoms with Gasteiger partial charge in [0.15, 0.2) is 0 Å². The van der Waals surface area contributed by atoms with Gasteiger partial charge in [-0.15, -0.1) is 0 Å². The maximum absolute atomic E-state index is 9.90. The molecule has 2 atom stereocenters. The maximum Gasteiger partial charge on any atom is 0.0860 e. The van der Waals surface area contributed by atoms with Gasteiger partial charge in [0.05, 0.1) is 19.3 Å². The van der Waals surface area contributed by atoms with E-state index in [1.807, 2.05) is 12.3 Å². The van der Waals surface area contributed by atoms with Crippen LogP contribution in [0.3, 0.4) is 0 Å². The summed E-state index contributed by atoms with van der Waals surface area (Å²) >= 11 is 0. The minimum Gasteiger partial charge on any atom is -0.390 e. The Labute approximate surface area is 102 Å². The SMILES string of the molecule is CC1(NCC(O)Cn2cccn2)CCCOC1. The first kappa shape index (κ1) is 12.5. The van der Waals surface area contributed by atoms with E-state index in [4.69, 9.17) is 4.74 Å². The zero-order valence-electron chi connectivity index (χ0n) is 10.3. The second-order valence-corrected chi connectivity index (χ2v) is 4.98. The van der Waals surface area contributed by atoms with Gasteiger partial charge in [0.2, 0.25) is 0 Å². The Kier molecular flexibility index (Phi) is 4.15. The van der Waals surface area contributed by atoms with Crippen molar-refractivity contribution in [3.63, 3.8) is 0 Å². The highest BCUT2D eigenvalue weighted by Gasteiger charge is 2.27. The van der Waals surface area contributed by atoms with Crippen molar-refractivity contribution in [1.29, 1.82) is 0 Å². The average Bonchev–Trinajstić information content (AvgIpc) is 2.80. The van der Waals surface area contributed by atoms with Gasteiger partial charge in [-0.25, -0.2) is 0 Å². The van der Waals surface area contributed by atoms with E-state index in [9.17, 15) is 5.11 Å². The fourth-order valence-corrected chi connectivity index (χ4v) is 2.13. The number of β-amino-alcohol motifs (C(OH)–C–C–N with tert-alkyl or cyclic N) is 1. The summed E-state index contributed by atoms with van der Waals surface area (Å²) in [6.45, 7) is 4.82. The molecule has 17 heavy (non-hydrogen) atoms. The minimum absolute atomic E-state index is 0.00332. The fourth-order valence-electron chi connectivity index (χ4n) is 2.13. The minimum atomic E-state index is -0.423. The van der Waals surface area contributed by atoms with Crippen LogP contribution in [0.2, 0.25) is 0 Å². The summed E-state index contributed by atoms with van der Waals surface area (Å²) in [7, 11) is 0. The first-order valence-corrected chi connectivity index (χ1v) is 6.16. The Balaban J connectivity index is 1.73. The van der Waals surface area contributed by atoms with E-state index in [1.165, 1.54) is 0 Å². The van der Waals surface area contributed by atoms with E-state index in [-0.39, 0.29) is 5.54 Å². The van der Waals surface area contributed by atoms with Gasteiger partial charge in [0.1, 0.15) is 0 Å². The molecule has 2 heterocycles. The highest BCUT2D eigenvalue weighted by molar-refractivity contribution is 4.86. The molecular formula is C12H21N3O2. The molecule has 1 aromatic rings. The molecule has 1 aliphatic heterocycles. The molecule has 0 radical (unpaired) electrons. The monoisotopic (exact) mass is 239 g/mol. The van der Waals surface area contributed by atoms with Gasteiger partial charge in [0, 0.05) is 31.1 Å². The highest BCUT2D eigenvalue weighted by atomic mass is 16.5. The predicted molar refractivity (Wildman–Crippen MR) is 64.7 cm³/mol.